The summed E-state index contributed by atoms with van der Waals surface area (Å²) in [7, 11) is 0. The van der Waals surface area contributed by atoms with Gasteiger partial charge in [-0.1, -0.05) is 33.8 Å². The predicted molar refractivity (Wildman–Crippen MR) is 75.7 cm³/mol. The Hall–Kier alpha value is -0.380. The Labute approximate surface area is 109 Å². The molecule has 0 aliphatic rings. The zero-order valence-electron chi connectivity index (χ0n) is 11.4. The second-order valence-electron chi connectivity index (χ2n) is 5.05. The molecule has 0 saturated heterocycles. The molecule has 1 aromatic heterocycles. The summed E-state index contributed by atoms with van der Waals surface area (Å²) in [6.07, 6.45) is 1.35. The number of hydrogen-bond acceptors (Lipinski definition) is 3. The van der Waals surface area contributed by atoms with Gasteiger partial charge in [-0.2, -0.15) is 0 Å². The molecular formula is C14H25NOS. The van der Waals surface area contributed by atoms with E-state index in [0.29, 0.717) is 18.1 Å². The van der Waals surface area contributed by atoms with Gasteiger partial charge in [0.05, 0.1) is 12.7 Å². The Balaban J connectivity index is 2.24. The molecule has 1 unspecified atom stereocenters. The molecule has 17 heavy (non-hydrogen) atoms. The molecule has 1 rings (SSSR count). The Bertz CT molecular complexity index is 282. The monoisotopic (exact) mass is 255 g/mol. The lowest BCUT2D eigenvalue weighted by atomic mass is 10.1. The first-order chi connectivity index (χ1) is 8.09. The molecule has 0 amide bonds. The van der Waals surface area contributed by atoms with Crippen LogP contribution in [-0.2, 0) is 11.2 Å². The van der Waals surface area contributed by atoms with Crippen LogP contribution in [0.25, 0.3) is 0 Å². The average Bonchev–Trinajstić information content (AvgIpc) is 2.74. The van der Waals surface area contributed by atoms with Gasteiger partial charge in [0.1, 0.15) is 0 Å². The van der Waals surface area contributed by atoms with Gasteiger partial charge in [0, 0.05) is 23.9 Å². The molecule has 98 valence electrons. The summed E-state index contributed by atoms with van der Waals surface area (Å²) < 4.78 is 5.97. The Morgan fingerprint density at radius 2 is 2.06 bits per heavy atom. The molecule has 0 spiro atoms. The van der Waals surface area contributed by atoms with Crippen LogP contribution in [0.4, 0.5) is 0 Å². The van der Waals surface area contributed by atoms with Gasteiger partial charge in [0.2, 0.25) is 0 Å². The Morgan fingerprint density at radius 3 is 2.59 bits per heavy atom. The van der Waals surface area contributed by atoms with E-state index in [1.54, 1.807) is 11.3 Å². The summed E-state index contributed by atoms with van der Waals surface area (Å²) in [5, 5.41) is 5.57. The van der Waals surface area contributed by atoms with Crippen molar-refractivity contribution >= 4 is 11.3 Å². The molecule has 2 nitrogen and oxygen atoms in total. The smallest absolute Gasteiger partial charge is 0.0722 e. The van der Waals surface area contributed by atoms with Crippen LogP contribution < -0.4 is 5.32 Å². The molecular weight excluding hydrogens is 230 g/mol. The van der Waals surface area contributed by atoms with Gasteiger partial charge in [-0.25, -0.2) is 0 Å². The van der Waals surface area contributed by atoms with E-state index in [1.165, 1.54) is 4.88 Å². The minimum Gasteiger partial charge on any atom is -0.376 e. The van der Waals surface area contributed by atoms with Gasteiger partial charge < -0.3 is 10.1 Å². The maximum absolute atomic E-state index is 5.97. The van der Waals surface area contributed by atoms with E-state index in [2.05, 4.69) is 50.5 Å². The van der Waals surface area contributed by atoms with Crippen molar-refractivity contribution in [2.75, 3.05) is 13.2 Å². The molecule has 1 N–H and O–H groups in total. The van der Waals surface area contributed by atoms with E-state index in [9.17, 15) is 0 Å². The van der Waals surface area contributed by atoms with Crippen LogP contribution in [0.1, 0.15) is 32.6 Å². The van der Waals surface area contributed by atoms with Crippen molar-refractivity contribution in [2.24, 2.45) is 5.92 Å². The van der Waals surface area contributed by atoms with E-state index in [-0.39, 0.29) is 0 Å². The fraction of sp³-hybridized carbons (Fsp3) is 0.714. The van der Waals surface area contributed by atoms with Crippen molar-refractivity contribution in [2.45, 2.75) is 46.3 Å². The lowest BCUT2D eigenvalue weighted by molar-refractivity contribution is 0.0238. The van der Waals surface area contributed by atoms with E-state index in [1.807, 2.05) is 0 Å². The fourth-order valence-electron chi connectivity index (χ4n) is 1.60. The molecule has 0 aromatic carbocycles. The third-order valence-electron chi connectivity index (χ3n) is 2.73. The van der Waals surface area contributed by atoms with Crippen LogP contribution in [0.3, 0.4) is 0 Å². The number of nitrogens with one attached hydrogen (secondary N) is 1. The fourth-order valence-corrected chi connectivity index (χ4v) is 2.29. The van der Waals surface area contributed by atoms with Gasteiger partial charge >= 0.3 is 0 Å². The molecule has 1 aromatic rings. The third-order valence-corrected chi connectivity index (χ3v) is 3.67. The standard InChI is InChI=1S/C14H25NOS/c1-11(2)14(10-15-12(3)4)16-8-7-13-6-5-9-17-13/h5-6,9,11-12,14-15H,7-8,10H2,1-4H3. The van der Waals surface area contributed by atoms with E-state index in [4.69, 9.17) is 4.74 Å². The summed E-state index contributed by atoms with van der Waals surface area (Å²) in [5.74, 6) is 0.560. The third kappa shape index (κ3) is 6.20. The largest absolute Gasteiger partial charge is 0.376 e. The molecule has 3 heteroatoms. The maximum Gasteiger partial charge on any atom is 0.0722 e. The first-order valence-corrected chi connectivity index (χ1v) is 7.35. The highest BCUT2D eigenvalue weighted by molar-refractivity contribution is 7.09. The summed E-state index contributed by atoms with van der Waals surface area (Å²) in [4.78, 5) is 1.41. The van der Waals surface area contributed by atoms with Crippen LogP contribution in [0.15, 0.2) is 17.5 Å². The van der Waals surface area contributed by atoms with Crippen LogP contribution in [-0.4, -0.2) is 25.3 Å². The van der Waals surface area contributed by atoms with Crippen molar-refractivity contribution in [3.05, 3.63) is 22.4 Å². The van der Waals surface area contributed by atoms with Gasteiger partial charge in [0.25, 0.3) is 0 Å². The van der Waals surface area contributed by atoms with E-state index in [0.717, 1.165) is 19.6 Å². The first kappa shape index (κ1) is 14.7. The van der Waals surface area contributed by atoms with Crippen LogP contribution in [0.2, 0.25) is 0 Å². The SMILES string of the molecule is CC(C)NCC(OCCc1cccs1)C(C)C. The topological polar surface area (TPSA) is 21.3 Å². The number of ether oxygens (including phenoxy) is 1. The molecule has 0 saturated carbocycles. The van der Waals surface area contributed by atoms with Crippen molar-refractivity contribution in [1.82, 2.24) is 5.32 Å². The van der Waals surface area contributed by atoms with Crippen LogP contribution in [0, 0.1) is 5.92 Å². The van der Waals surface area contributed by atoms with Crippen LogP contribution in [0.5, 0.6) is 0 Å². The quantitative estimate of drug-likeness (QED) is 0.769. The molecule has 1 heterocycles. The molecule has 1 atom stereocenters. The van der Waals surface area contributed by atoms with Gasteiger partial charge in [0.15, 0.2) is 0 Å². The number of rotatable bonds is 8. The second kappa shape index (κ2) is 7.85. The van der Waals surface area contributed by atoms with Gasteiger partial charge in [-0.15, -0.1) is 11.3 Å². The molecule has 0 aliphatic carbocycles. The number of hydrogen-bond donors (Lipinski definition) is 1. The van der Waals surface area contributed by atoms with E-state index >= 15 is 0 Å². The highest BCUT2D eigenvalue weighted by Crippen LogP contribution is 2.11. The summed E-state index contributed by atoms with van der Waals surface area (Å²) in [6.45, 7) is 10.5. The van der Waals surface area contributed by atoms with Gasteiger partial charge in [-0.05, 0) is 17.4 Å². The average molecular weight is 255 g/mol. The minimum absolute atomic E-state index is 0.317. The maximum atomic E-state index is 5.97. The highest BCUT2D eigenvalue weighted by Gasteiger charge is 2.13. The number of thiophene rings is 1. The summed E-state index contributed by atoms with van der Waals surface area (Å²) in [6, 6.07) is 4.79. The second-order valence-corrected chi connectivity index (χ2v) is 6.08. The molecule has 0 bridgehead atoms. The van der Waals surface area contributed by atoms with Crippen molar-refractivity contribution < 1.29 is 4.74 Å². The molecule has 0 radical (unpaired) electrons. The summed E-state index contributed by atoms with van der Waals surface area (Å²) >= 11 is 1.81. The lowest BCUT2D eigenvalue weighted by Gasteiger charge is -2.23. The van der Waals surface area contributed by atoms with Crippen molar-refractivity contribution in [1.29, 1.82) is 0 Å². The zero-order chi connectivity index (χ0) is 12.7. The normalized spacial score (nSPS) is 13.5. The first-order valence-electron chi connectivity index (χ1n) is 6.47. The molecule has 0 aliphatic heterocycles. The Morgan fingerprint density at radius 1 is 1.29 bits per heavy atom. The Kier molecular flexibility index (Phi) is 6.78. The predicted octanol–water partition coefficient (Wildman–Crippen LogP) is 3.33. The van der Waals surface area contributed by atoms with Gasteiger partial charge in [-0.3, -0.25) is 0 Å². The zero-order valence-corrected chi connectivity index (χ0v) is 12.2. The van der Waals surface area contributed by atoms with Crippen LogP contribution >= 0.6 is 11.3 Å². The van der Waals surface area contributed by atoms with Crippen molar-refractivity contribution in [3.63, 3.8) is 0 Å². The van der Waals surface area contributed by atoms with Crippen molar-refractivity contribution in [3.8, 4) is 0 Å². The molecule has 0 fully saturated rings. The highest BCUT2D eigenvalue weighted by atomic mass is 32.1. The summed E-state index contributed by atoms with van der Waals surface area (Å²) in [5.41, 5.74) is 0. The minimum atomic E-state index is 0.317. The van der Waals surface area contributed by atoms with E-state index < -0.39 is 0 Å². The lowest BCUT2D eigenvalue weighted by Crippen LogP contribution is -2.36.